The number of rotatable bonds is 67. The Hall–Kier alpha value is -1.21. The van der Waals surface area contributed by atoms with Gasteiger partial charge >= 0.3 is 0 Å². The molecule has 1 amide bonds. The number of nitrogens with one attached hydrogen (secondary N) is 1. The lowest BCUT2D eigenvalue weighted by Crippen LogP contribution is -2.66. The van der Waals surface area contributed by atoms with Gasteiger partial charge in [-0.2, -0.15) is 0 Å². The maximum atomic E-state index is 13.5. The van der Waals surface area contributed by atoms with Crippen LogP contribution in [0.4, 0.5) is 0 Å². The summed E-state index contributed by atoms with van der Waals surface area (Å²) in [4.78, 5) is 13.5. The van der Waals surface area contributed by atoms with Crippen molar-refractivity contribution < 1.29 is 89.4 Å². The zero-order chi connectivity index (χ0) is 71.1. The highest BCUT2D eigenvalue weighted by molar-refractivity contribution is 5.76. The molecule has 19 heteroatoms. The Bertz CT molecular complexity index is 1770. The summed E-state index contributed by atoms with van der Waals surface area (Å²) < 4.78 is 34.5. The van der Waals surface area contributed by atoms with Gasteiger partial charge in [-0.05, 0) is 12.8 Å². The third-order valence-electron chi connectivity index (χ3n) is 21.2. The molecule has 0 radical (unpaired) electrons. The van der Waals surface area contributed by atoms with E-state index in [0.717, 1.165) is 44.9 Å². The van der Waals surface area contributed by atoms with Crippen LogP contribution in [-0.4, -0.2) is 193 Å². The van der Waals surface area contributed by atoms with E-state index in [0.29, 0.717) is 12.8 Å². The molecule has 17 unspecified atom stereocenters. The lowest BCUT2D eigenvalue weighted by Gasteiger charge is -2.48. The van der Waals surface area contributed by atoms with Crippen LogP contribution < -0.4 is 5.32 Å². The number of carbonyl (C=O) groups is 1. The van der Waals surface area contributed by atoms with Gasteiger partial charge in [-0.15, -0.1) is 0 Å². The van der Waals surface area contributed by atoms with Crippen LogP contribution in [0.25, 0.3) is 0 Å². The Morgan fingerprint density at radius 1 is 0.327 bits per heavy atom. The predicted octanol–water partition coefficient (Wildman–Crippen LogP) is 13.8. The van der Waals surface area contributed by atoms with Crippen molar-refractivity contribution in [3.05, 3.63) is 0 Å². The normalized spacial score (nSPS) is 26.6. The minimum atomic E-state index is -1.97. The van der Waals surface area contributed by atoms with Crippen molar-refractivity contribution in [3.63, 3.8) is 0 Å². The standard InChI is InChI=1S/C79H153NO18/c1-3-5-7-9-11-13-15-17-19-21-23-25-26-27-28-29-30-31-32-33-34-35-36-37-38-40-42-44-46-48-50-52-54-56-63(84)62(80-67(85)57-55-53-51-49-47-45-43-41-39-24-22-20-18-16-14-12-10-8-6-4-2)61-93-77-73(91)70(88)75(65(59-82)95-77)98-79-74(92)71(89)76(66(60-83)96-79)97-78-72(90)69(87)68(86)64(58-81)94-78/h62-66,68-79,81-84,86-92H,3-61H2,1-2H3,(H,80,85). The molecule has 3 fully saturated rings. The summed E-state index contributed by atoms with van der Waals surface area (Å²) in [5, 5.41) is 121. The molecule has 0 aromatic rings. The third kappa shape index (κ3) is 40.9. The summed E-state index contributed by atoms with van der Waals surface area (Å²) in [5.41, 5.74) is 0. The van der Waals surface area contributed by atoms with E-state index in [-0.39, 0.29) is 18.9 Å². The molecule has 0 aromatic heterocycles. The van der Waals surface area contributed by atoms with Gasteiger partial charge in [0.05, 0.1) is 38.6 Å². The lowest BCUT2D eigenvalue weighted by molar-refractivity contribution is -0.379. The first-order valence-electron chi connectivity index (χ1n) is 41.3. The molecule has 0 bridgehead atoms. The maximum Gasteiger partial charge on any atom is 0.220 e. The molecule has 19 nitrogen and oxygen atoms in total. The van der Waals surface area contributed by atoms with Crippen LogP contribution in [0, 0.1) is 0 Å². The first-order valence-corrected chi connectivity index (χ1v) is 41.3. The molecule has 582 valence electrons. The van der Waals surface area contributed by atoms with Crippen molar-refractivity contribution >= 4 is 5.91 Å². The topological polar surface area (TPSA) is 307 Å². The van der Waals surface area contributed by atoms with Crippen LogP contribution in [0.15, 0.2) is 0 Å². The number of hydrogen-bond acceptors (Lipinski definition) is 18. The summed E-state index contributed by atoms with van der Waals surface area (Å²) in [6.07, 6.45) is 43.5. The molecule has 0 spiro atoms. The van der Waals surface area contributed by atoms with Crippen molar-refractivity contribution in [2.75, 3.05) is 26.4 Å². The number of carbonyl (C=O) groups excluding carboxylic acids is 1. The Morgan fingerprint density at radius 3 is 0.888 bits per heavy atom. The lowest BCUT2D eigenvalue weighted by atomic mass is 9.96. The van der Waals surface area contributed by atoms with Gasteiger partial charge in [0.1, 0.15) is 73.2 Å². The second-order valence-electron chi connectivity index (χ2n) is 30.0. The van der Waals surface area contributed by atoms with E-state index >= 15 is 0 Å². The minimum Gasteiger partial charge on any atom is -0.394 e. The smallest absolute Gasteiger partial charge is 0.220 e. The molecular weight excluding hydrogens is 1250 g/mol. The highest BCUT2D eigenvalue weighted by Gasteiger charge is 2.54. The molecule has 12 N–H and O–H groups in total. The molecule has 98 heavy (non-hydrogen) atoms. The molecule has 3 heterocycles. The fourth-order valence-electron chi connectivity index (χ4n) is 14.6. The Labute approximate surface area is 595 Å². The van der Waals surface area contributed by atoms with Crippen molar-refractivity contribution in [2.45, 2.75) is 471 Å². The van der Waals surface area contributed by atoms with E-state index in [1.54, 1.807) is 0 Å². The molecule has 3 saturated heterocycles. The van der Waals surface area contributed by atoms with Crippen LogP contribution in [0.3, 0.4) is 0 Å². The summed E-state index contributed by atoms with van der Waals surface area (Å²) in [7, 11) is 0. The van der Waals surface area contributed by atoms with E-state index in [9.17, 15) is 61.0 Å². The first kappa shape index (κ1) is 91.0. The van der Waals surface area contributed by atoms with E-state index in [2.05, 4.69) is 19.2 Å². The first-order chi connectivity index (χ1) is 47.8. The van der Waals surface area contributed by atoms with Crippen molar-refractivity contribution in [2.24, 2.45) is 0 Å². The Balaban J connectivity index is 1.34. The largest absolute Gasteiger partial charge is 0.394 e. The minimum absolute atomic E-state index is 0.233. The summed E-state index contributed by atoms with van der Waals surface area (Å²) >= 11 is 0. The van der Waals surface area contributed by atoms with Gasteiger partial charge in [0.25, 0.3) is 0 Å². The molecule has 0 saturated carbocycles. The molecule has 0 aliphatic carbocycles. The summed E-state index contributed by atoms with van der Waals surface area (Å²) in [6.45, 7) is 1.87. The highest BCUT2D eigenvalue weighted by Crippen LogP contribution is 2.33. The number of amides is 1. The fourth-order valence-corrected chi connectivity index (χ4v) is 14.6. The van der Waals surface area contributed by atoms with E-state index in [1.165, 1.54) is 289 Å². The zero-order valence-corrected chi connectivity index (χ0v) is 62.3. The van der Waals surface area contributed by atoms with Crippen LogP contribution in [0.1, 0.15) is 367 Å². The number of aliphatic hydroxyl groups is 11. The van der Waals surface area contributed by atoms with Gasteiger partial charge < -0.3 is 89.9 Å². The molecule has 3 aliphatic heterocycles. The zero-order valence-electron chi connectivity index (χ0n) is 62.3. The molecule has 17 atom stereocenters. The van der Waals surface area contributed by atoms with Crippen molar-refractivity contribution in [3.8, 4) is 0 Å². The third-order valence-corrected chi connectivity index (χ3v) is 21.2. The molecular formula is C79H153NO18. The van der Waals surface area contributed by atoms with E-state index in [4.69, 9.17) is 28.4 Å². The number of aliphatic hydroxyl groups excluding tert-OH is 11. The van der Waals surface area contributed by atoms with E-state index in [1.807, 2.05) is 0 Å². The van der Waals surface area contributed by atoms with Gasteiger partial charge in [0.15, 0.2) is 18.9 Å². The fraction of sp³-hybridized carbons (Fsp3) is 0.987. The molecule has 0 aromatic carbocycles. The monoisotopic (exact) mass is 1400 g/mol. The van der Waals surface area contributed by atoms with Crippen molar-refractivity contribution in [1.82, 2.24) is 5.32 Å². The highest BCUT2D eigenvalue weighted by atomic mass is 16.8. The van der Waals surface area contributed by atoms with Crippen LogP contribution in [0.5, 0.6) is 0 Å². The number of unbranched alkanes of at least 4 members (excludes halogenated alkanes) is 51. The molecule has 3 rings (SSSR count). The van der Waals surface area contributed by atoms with Gasteiger partial charge in [0, 0.05) is 6.42 Å². The summed E-state index contributed by atoms with van der Waals surface area (Å²) in [5.74, 6) is -0.233. The van der Waals surface area contributed by atoms with Crippen LogP contribution in [0.2, 0.25) is 0 Å². The van der Waals surface area contributed by atoms with Gasteiger partial charge in [-0.1, -0.05) is 348 Å². The summed E-state index contributed by atoms with van der Waals surface area (Å²) in [6, 6.07) is -0.883. The average molecular weight is 1410 g/mol. The van der Waals surface area contributed by atoms with Gasteiger partial charge in [-0.3, -0.25) is 4.79 Å². The quantitative estimate of drug-likeness (QED) is 0.0252. The maximum absolute atomic E-state index is 13.5. The van der Waals surface area contributed by atoms with Crippen LogP contribution in [-0.2, 0) is 33.2 Å². The van der Waals surface area contributed by atoms with E-state index < -0.39 is 124 Å². The van der Waals surface area contributed by atoms with Crippen LogP contribution >= 0.6 is 0 Å². The average Bonchev–Trinajstić information content (AvgIpc) is 0.784. The predicted molar refractivity (Wildman–Crippen MR) is 388 cm³/mol. The van der Waals surface area contributed by atoms with Crippen molar-refractivity contribution in [1.29, 1.82) is 0 Å². The number of ether oxygens (including phenoxy) is 6. The Kier molecular flexibility index (Phi) is 56.6. The Morgan fingerprint density at radius 2 is 0.582 bits per heavy atom. The number of hydrogen-bond donors (Lipinski definition) is 12. The van der Waals surface area contributed by atoms with Gasteiger partial charge in [-0.25, -0.2) is 0 Å². The second-order valence-corrected chi connectivity index (χ2v) is 30.0. The SMILES string of the molecule is CCCCCCCCCCCCCCCCCCCCCCCCCCCCCCCCCCCC(O)C(COC1OC(CO)C(OC2OC(CO)C(OC3OC(CO)C(O)C(O)C3O)C(O)C2O)C(O)C1O)NC(=O)CCCCCCCCCCCCCCCCCCCCCC. The van der Waals surface area contributed by atoms with Gasteiger partial charge in [0.2, 0.25) is 5.91 Å². The molecule has 3 aliphatic rings. The second kappa shape index (κ2) is 61.0.